The van der Waals surface area contributed by atoms with Crippen molar-refractivity contribution in [2.45, 2.75) is 40.7 Å². The molecule has 0 aromatic heterocycles. The zero-order chi connectivity index (χ0) is 24.7. The number of para-hydroxylation sites is 2. The summed E-state index contributed by atoms with van der Waals surface area (Å²) in [5.41, 5.74) is 4.69. The number of benzene rings is 2. The van der Waals surface area contributed by atoms with Gasteiger partial charge in [0.1, 0.15) is 11.8 Å². The molecule has 0 aliphatic carbocycles. The summed E-state index contributed by atoms with van der Waals surface area (Å²) < 4.78 is 11.1. The normalized spacial score (nSPS) is 15.3. The lowest BCUT2D eigenvalue weighted by atomic mass is 9.96. The predicted molar refractivity (Wildman–Crippen MR) is 137 cm³/mol. The van der Waals surface area contributed by atoms with Crippen molar-refractivity contribution in [1.82, 2.24) is 5.32 Å². The van der Waals surface area contributed by atoms with Gasteiger partial charge in [0.2, 0.25) is 5.91 Å². The summed E-state index contributed by atoms with van der Waals surface area (Å²) in [6.45, 7) is 10.2. The van der Waals surface area contributed by atoms with Crippen molar-refractivity contribution in [2.75, 3.05) is 24.3 Å². The number of hydrogen-bond donors (Lipinski definition) is 2. The van der Waals surface area contributed by atoms with Gasteiger partial charge in [0.25, 0.3) is 0 Å². The molecule has 0 fully saturated rings. The molecule has 1 atom stereocenters. The second kappa shape index (κ2) is 11.7. The molecule has 1 aliphatic heterocycles. The molecule has 0 saturated heterocycles. The highest BCUT2D eigenvalue weighted by Gasteiger charge is 2.32. The summed E-state index contributed by atoms with van der Waals surface area (Å²) in [6, 6.07) is 12.8. The van der Waals surface area contributed by atoms with E-state index in [1.165, 1.54) is 11.8 Å². The molecule has 0 bridgehead atoms. The minimum atomic E-state index is -0.604. The van der Waals surface area contributed by atoms with Crippen molar-refractivity contribution in [1.29, 1.82) is 0 Å². The number of nitrogens with one attached hydrogen (secondary N) is 2. The Morgan fingerprint density at radius 1 is 1.03 bits per heavy atom. The van der Waals surface area contributed by atoms with Crippen molar-refractivity contribution < 1.29 is 19.1 Å². The fraction of sp³-hybridized carbons (Fsp3) is 0.346. The minimum absolute atomic E-state index is 0.129. The van der Waals surface area contributed by atoms with E-state index in [2.05, 4.69) is 10.6 Å². The number of carbonyl (C=O) groups is 2. The Morgan fingerprint density at radius 2 is 1.74 bits per heavy atom. The first-order valence-electron chi connectivity index (χ1n) is 11.3. The predicted octanol–water partition coefficient (Wildman–Crippen LogP) is 4.91. The van der Waals surface area contributed by atoms with Crippen LogP contribution in [0.25, 0.3) is 0 Å². The minimum Gasteiger partial charge on any atom is -0.494 e. The lowest BCUT2D eigenvalue weighted by Crippen LogP contribution is -2.31. The van der Waals surface area contributed by atoms with E-state index in [1.807, 2.05) is 70.2 Å². The Hall–Kier alpha value is -3.26. The van der Waals surface area contributed by atoms with Gasteiger partial charge in [-0.25, -0.2) is 9.79 Å². The average Bonchev–Trinajstić information content (AvgIpc) is 2.80. The molecule has 0 spiro atoms. The number of anilines is 1. The van der Waals surface area contributed by atoms with E-state index in [9.17, 15) is 9.59 Å². The first kappa shape index (κ1) is 25.4. The van der Waals surface area contributed by atoms with E-state index in [0.29, 0.717) is 28.8 Å². The Labute approximate surface area is 205 Å². The van der Waals surface area contributed by atoms with Gasteiger partial charge < -0.3 is 20.1 Å². The number of aryl methyl sites for hydroxylation is 2. The SMILES string of the molecule is CCOC(=O)C1=C(C)NC(SCC(=O)Nc2c(C)cccc2C)=N[C@@H]1c1ccccc1OCC. The second-order valence-electron chi connectivity index (χ2n) is 7.80. The van der Waals surface area contributed by atoms with E-state index in [1.54, 1.807) is 6.92 Å². The van der Waals surface area contributed by atoms with Crippen molar-refractivity contribution in [3.05, 3.63) is 70.4 Å². The molecule has 8 heteroatoms. The smallest absolute Gasteiger partial charge is 0.338 e. The summed E-state index contributed by atoms with van der Waals surface area (Å²) in [5, 5.41) is 6.72. The van der Waals surface area contributed by atoms with Crippen molar-refractivity contribution in [3.8, 4) is 5.75 Å². The Bertz CT molecular complexity index is 1110. The van der Waals surface area contributed by atoms with E-state index < -0.39 is 12.0 Å². The van der Waals surface area contributed by atoms with Gasteiger partial charge in [-0.1, -0.05) is 48.2 Å². The Morgan fingerprint density at radius 3 is 2.41 bits per heavy atom. The van der Waals surface area contributed by atoms with Crippen LogP contribution in [-0.2, 0) is 14.3 Å². The number of aliphatic imine (C=N–C) groups is 1. The third-order valence-corrected chi connectivity index (χ3v) is 6.20. The van der Waals surface area contributed by atoms with E-state index >= 15 is 0 Å². The quantitative estimate of drug-likeness (QED) is 0.521. The molecule has 3 rings (SSSR count). The van der Waals surface area contributed by atoms with Gasteiger partial charge in [0.15, 0.2) is 5.17 Å². The molecule has 0 saturated carbocycles. The molecule has 2 aromatic rings. The maximum atomic E-state index is 12.8. The average molecular weight is 482 g/mol. The van der Waals surface area contributed by atoms with Crippen LogP contribution in [-0.4, -0.2) is 36.0 Å². The van der Waals surface area contributed by atoms with Crippen molar-refractivity contribution >= 4 is 34.5 Å². The summed E-state index contributed by atoms with van der Waals surface area (Å²) in [7, 11) is 0. The second-order valence-corrected chi connectivity index (χ2v) is 8.76. The number of esters is 1. The number of nitrogens with zero attached hydrogens (tertiary/aromatic N) is 1. The molecule has 1 aliphatic rings. The molecular weight excluding hydrogens is 450 g/mol. The highest BCUT2D eigenvalue weighted by atomic mass is 32.2. The number of amidine groups is 1. The van der Waals surface area contributed by atoms with Crippen LogP contribution < -0.4 is 15.4 Å². The molecule has 34 heavy (non-hydrogen) atoms. The molecular formula is C26H31N3O4S. The maximum absolute atomic E-state index is 12.8. The number of allylic oxidation sites excluding steroid dienone is 1. The maximum Gasteiger partial charge on any atom is 0.338 e. The highest BCUT2D eigenvalue weighted by molar-refractivity contribution is 8.14. The summed E-state index contributed by atoms with van der Waals surface area (Å²) in [6.07, 6.45) is 0. The van der Waals surface area contributed by atoms with Gasteiger partial charge in [0, 0.05) is 16.9 Å². The number of thioether (sulfide) groups is 1. The molecule has 1 heterocycles. The molecule has 1 amide bonds. The van der Waals surface area contributed by atoms with Gasteiger partial charge in [-0.3, -0.25) is 4.79 Å². The lowest BCUT2D eigenvalue weighted by Gasteiger charge is -2.26. The van der Waals surface area contributed by atoms with E-state index in [0.717, 1.165) is 22.4 Å². The van der Waals surface area contributed by atoms with Crippen LogP contribution >= 0.6 is 11.8 Å². The first-order valence-corrected chi connectivity index (χ1v) is 12.3. The van der Waals surface area contributed by atoms with Gasteiger partial charge in [-0.2, -0.15) is 0 Å². The summed E-state index contributed by atoms with van der Waals surface area (Å²) in [5.74, 6) is 0.272. The lowest BCUT2D eigenvalue weighted by molar-refractivity contribution is -0.139. The van der Waals surface area contributed by atoms with Crippen molar-refractivity contribution in [2.24, 2.45) is 4.99 Å². The standard InChI is InChI=1S/C26H31N3O4S/c1-6-32-20-14-9-8-13-19(20)24-22(25(31)33-7-2)18(5)27-26(29-24)34-15-21(30)28-23-16(3)11-10-12-17(23)4/h8-14,24H,6-7,15H2,1-5H3,(H,27,29)(H,28,30)/t24-/m1/s1. The van der Waals surface area contributed by atoms with Gasteiger partial charge in [0.05, 0.1) is 24.5 Å². The van der Waals surface area contributed by atoms with Crippen LogP contribution in [0.3, 0.4) is 0 Å². The molecule has 7 nitrogen and oxygen atoms in total. The van der Waals surface area contributed by atoms with Crippen LogP contribution in [0.5, 0.6) is 5.75 Å². The zero-order valence-electron chi connectivity index (χ0n) is 20.2. The van der Waals surface area contributed by atoms with Gasteiger partial charge in [-0.15, -0.1) is 0 Å². The number of ether oxygens (including phenoxy) is 2. The molecule has 0 radical (unpaired) electrons. The summed E-state index contributed by atoms with van der Waals surface area (Å²) in [4.78, 5) is 30.3. The van der Waals surface area contributed by atoms with Gasteiger partial charge >= 0.3 is 5.97 Å². The Kier molecular flexibility index (Phi) is 8.76. The monoisotopic (exact) mass is 481 g/mol. The van der Waals surface area contributed by atoms with E-state index in [-0.39, 0.29) is 18.3 Å². The van der Waals surface area contributed by atoms with Crippen LogP contribution in [0, 0.1) is 13.8 Å². The number of carbonyl (C=O) groups excluding carboxylic acids is 2. The van der Waals surface area contributed by atoms with Crippen LogP contribution in [0.4, 0.5) is 5.69 Å². The number of rotatable bonds is 8. The topological polar surface area (TPSA) is 89.0 Å². The largest absolute Gasteiger partial charge is 0.494 e. The van der Waals surface area contributed by atoms with Crippen LogP contribution in [0.1, 0.15) is 43.5 Å². The van der Waals surface area contributed by atoms with E-state index in [4.69, 9.17) is 14.5 Å². The molecule has 2 N–H and O–H groups in total. The Balaban J connectivity index is 1.84. The van der Waals surface area contributed by atoms with Crippen molar-refractivity contribution in [3.63, 3.8) is 0 Å². The molecule has 0 unspecified atom stereocenters. The van der Waals surface area contributed by atoms with Crippen LogP contribution in [0.2, 0.25) is 0 Å². The first-order chi connectivity index (χ1) is 16.3. The fourth-order valence-electron chi connectivity index (χ4n) is 3.73. The highest BCUT2D eigenvalue weighted by Crippen LogP contribution is 2.37. The summed E-state index contributed by atoms with van der Waals surface area (Å²) >= 11 is 1.28. The van der Waals surface area contributed by atoms with Gasteiger partial charge in [-0.05, 0) is 51.8 Å². The molecule has 2 aromatic carbocycles. The van der Waals surface area contributed by atoms with Crippen LogP contribution in [0.15, 0.2) is 58.7 Å². The number of amides is 1. The number of hydrogen-bond acceptors (Lipinski definition) is 7. The third-order valence-electron chi connectivity index (χ3n) is 5.31. The third kappa shape index (κ3) is 5.99. The molecule has 180 valence electrons. The fourth-order valence-corrected chi connectivity index (χ4v) is 4.48. The zero-order valence-corrected chi connectivity index (χ0v) is 21.0.